The molecule has 5 heteroatoms. The molecule has 1 atom stereocenters. The number of amides is 2. The number of nitrogens with zero attached hydrogens (tertiary/aromatic N) is 2. The third-order valence-corrected chi connectivity index (χ3v) is 7.98. The monoisotopic (exact) mass is 459 g/mol. The van der Waals surface area contributed by atoms with Gasteiger partial charge in [0.05, 0.1) is 0 Å². The molecule has 2 heterocycles. The zero-order valence-electron chi connectivity index (χ0n) is 20.1. The Morgan fingerprint density at radius 1 is 0.824 bits per heavy atom. The summed E-state index contributed by atoms with van der Waals surface area (Å²) in [6.07, 6.45) is 9.68. The number of nitrogens with one attached hydrogen (secondary N) is 1. The van der Waals surface area contributed by atoms with Crippen molar-refractivity contribution in [2.24, 2.45) is 5.92 Å². The van der Waals surface area contributed by atoms with Gasteiger partial charge in [-0.3, -0.25) is 9.59 Å². The van der Waals surface area contributed by atoms with E-state index in [-0.39, 0.29) is 23.9 Å². The molecule has 180 valence electrons. The van der Waals surface area contributed by atoms with Gasteiger partial charge in [0.15, 0.2) is 0 Å². The highest BCUT2D eigenvalue weighted by molar-refractivity contribution is 5.97. The molecule has 0 radical (unpaired) electrons. The minimum atomic E-state index is 0.0205. The van der Waals surface area contributed by atoms with E-state index in [4.69, 9.17) is 0 Å². The van der Waals surface area contributed by atoms with E-state index in [1.807, 2.05) is 30.3 Å². The molecule has 1 N–H and O–H groups in total. The third-order valence-electron chi connectivity index (χ3n) is 7.98. The zero-order chi connectivity index (χ0) is 23.3. The van der Waals surface area contributed by atoms with Crippen LogP contribution in [0.3, 0.4) is 0 Å². The Hall–Kier alpha value is -2.66. The number of anilines is 1. The number of hydrogen-bond donors (Lipinski definition) is 1. The van der Waals surface area contributed by atoms with E-state index in [9.17, 15) is 9.59 Å². The lowest BCUT2D eigenvalue weighted by atomic mass is 9.86. The number of rotatable bonds is 5. The molecule has 0 aromatic heterocycles. The van der Waals surface area contributed by atoms with E-state index < -0.39 is 0 Å². The fraction of sp³-hybridized carbons (Fsp3) is 0.517. The highest BCUT2D eigenvalue weighted by atomic mass is 16.2. The number of aryl methyl sites for hydroxylation is 1. The Morgan fingerprint density at radius 3 is 2.29 bits per heavy atom. The van der Waals surface area contributed by atoms with Crippen molar-refractivity contribution in [2.45, 2.75) is 69.9 Å². The summed E-state index contributed by atoms with van der Waals surface area (Å²) in [6, 6.07) is 18.4. The quantitative estimate of drug-likeness (QED) is 0.698. The maximum Gasteiger partial charge on any atom is 0.251 e. The van der Waals surface area contributed by atoms with Gasteiger partial charge in [0.2, 0.25) is 5.91 Å². The van der Waals surface area contributed by atoms with Crippen molar-refractivity contribution in [3.63, 3.8) is 0 Å². The third kappa shape index (κ3) is 5.20. The molecule has 1 aliphatic carbocycles. The SMILES string of the molecule is O=C(NC1CCN(CC2CCc3ccccc3N2C(=O)C2CCCCC2)CC1)c1ccccc1. The van der Waals surface area contributed by atoms with E-state index in [2.05, 4.69) is 39.4 Å². The Balaban J connectivity index is 1.22. The van der Waals surface area contributed by atoms with Gasteiger partial charge in [0.25, 0.3) is 5.91 Å². The van der Waals surface area contributed by atoms with E-state index in [0.717, 1.165) is 69.4 Å². The summed E-state index contributed by atoms with van der Waals surface area (Å²) in [5, 5.41) is 3.21. The van der Waals surface area contributed by atoms with Crippen LogP contribution in [0.1, 0.15) is 67.3 Å². The number of carbonyl (C=O) groups is 2. The summed E-state index contributed by atoms with van der Waals surface area (Å²) in [5.74, 6) is 0.551. The van der Waals surface area contributed by atoms with Crippen LogP contribution >= 0.6 is 0 Å². The van der Waals surface area contributed by atoms with Crippen LogP contribution in [0.4, 0.5) is 5.69 Å². The molecule has 5 nitrogen and oxygen atoms in total. The van der Waals surface area contributed by atoms with Gasteiger partial charge < -0.3 is 15.1 Å². The topological polar surface area (TPSA) is 52.7 Å². The molecule has 2 aromatic carbocycles. The van der Waals surface area contributed by atoms with Crippen LogP contribution in [0, 0.1) is 5.92 Å². The molecule has 5 rings (SSSR count). The number of para-hydroxylation sites is 1. The van der Waals surface area contributed by atoms with Crippen LogP contribution in [0.15, 0.2) is 54.6 Å². The Bertz CT molecular complexity index is 978. The molecule has 2 aliphatic heterocycles. The smallest absolute Gasteiger partial charge is 0.251 e. The lowest BCUT2D eigenvalue weighted by Crippen LogP contribution is -2.54. The Labute approximate surface area is 203 Å². The second kappa shape index (κ2) is 10.7. The molecule has 0 spiro atoms. The van der Waals surface area contributed by atoms with E-state index in [1.165, 1.54) is 24.8 Å². The van der Waals surface area contributed by atoms with Crippen LogP contribution in [-0.4, -0.2) is 48.4 Å². The fourth-order valence-corrected chi connectivity index (χ4v) is 6.04. The van der Waals surface area contributed by atoms with Crippen molar-refractivity contribution >= 4 is 17.5 Å². The number of likely N-dealkylation sites (tertiary alicyclic amines) is 1. The Kier molecular flexibility index (Phi) is 7.29. The molecule has 2 amide bonds. The summed E-state index contributed by atoms with van der Waals surface area (Å²) in [7, 11) is 0. The highest BCUT2D eigenvalue weighted by Crippen LogP contribution is 2.35. The lowest BCUT2D eigenvalue weighted by molar-refractivity contribution is -0.124. The van der Waals surface area contributed by atoms with Gasteiger partial charge in [-0.25, -0.2) is 0 Å². The number of fused-ring (bicyclic) bond motifs is 1. The van der Waals surface area contributed by atoms with Gasteiger partial charge in [-0.1, -0.05) is 55.7 Å². The van der Waals surface area contributed by atoms with Gasteiger partial charge >= 0.3 is 0 Å². The first-order chi connectivity index (χ1) is 16.7. The van der Waals surface area contributed by atoms with E-state index in [1.54, 1.807) is 0 Å². The van der Waals surface area contributed by atoms with Gasteiger partial charge in [-0.15, -0.1) is 0 Å². The van der Waals surface area contributed by atoms with Crippen molar-refractivity contribution in [2.75, 3.05) is 24.5 Å². The van der Waals surface area contributed by atoms with Crippen molar-refractivity contribution in [3.8, 4) is 0 Å². The first-order valence-electron chi connectivity index (χ1n) is 13.2. The van der Waals surface area contributed by atoms with Crippen LogP contribution in [-0.2, 0) is 11.2 Å². The highest BCUT2D eigenvalue weighted by Gasteiger charge is 2.36. The van der Waals surface area contributed by atoms with Gasteiger partial charge in [-0.05, 0) is 62.3 Å². The molecule has 1 saturated heterocycles. The first kappa shape index (κ1) is 23.1. The molecule has 3 aliphatic rings. The maximum atomic E-state index is 13.7. The van der Waals surface area contributed by atoms with Gasteiger partial charge in [0.1, 0.15) is 0 Å². The van der Waals surface area contributed by atoms with Crippen LogP contribution in [0.2, 0.25) is 0 Å². The summed E-state index contributed by atoms with van der Waals surface area (Å²) < 4.78 is 0. The van der Waals surface area contributed by atoms with Crippen molar-refractivity contribution in [1.82, 2.24) is 10.2 Å². The summed E-state index contributed by atoms with van der Waals surface area (Å²) >= 11 is 0. The summed E-state index contributed by atoms with van der Waals surface area (Å²) in [4.78, 5) is 30.9. The predicted octanol–water partition coefficient (Wildman–Crippen LogP) is 4.81. The maximum absolute atomic E-state index is 13.7. The van der Waals surface area contributed by atoms with Gasteiger partial charge in [0, 0.05) is 48.9 Å². The van der Waals surface area contributed by atoms with E-state index >= 15 is 0 Å². The Morgan fingerprint density at radius 2 is 1.53 bits per heavy atom. The molecule has 34 heavy (non-hydrogen) atoms. The van der Waals surface area contributed by atoms with Crippen molar-refractivity contribution in [3.05, 3.63) is 65.7 Å². The largest absolute Gasteiger partial charge is 0.349 e. The number of carbonyl (C=O) groups excluding carboxylic acids is 2. The standard InChI is InChI=1S/C29H37N3O2/c33-28(23-10-3-1-4-11-23)30-25-17-19-31(20-18-25)21-26-16-15-22-9-7-8-14-27(22)32(26)29(34)24-12-5-2-6-13-24/h1,3-4,7-11,14,24-26H,2,5-6,12-13,15-21H2,(H,30,33). The van der Waals surface area contributed by atoms with Crippen LogP contribution in [0.5, 0.6) is 0 Å². The van der Waals surface area contributed by atoms with Crippen molar-refractivity contribution in [1.29, 1.82) is 0 Å². The number of benzene rings is 2. The minimum absolute atomic E-state index is 0.0205. The summed E-state index contributed by atoms with van der Waals surface area (Å²) in [6.45, 7) is 2.85. The lowest BCUT2D eigenvalue weighted by Gasteiger charge is -2.43. The van der Waals surface area contributed by atoms with Crippen molar-refractivity contribution < 1.29 is 9.59 Å². The molecule has 2 fully saturated rings. The zero-order valence-corrected chi connectivity index (χ0v) is 20.1. The second-order valence-electron chi connectivity index (χ2n) is 10.3. The molecular formula is C29H37N3O2. The normalized spacial score (nSPS) is 22.2. The predicted molar refractivity (Wildman–Crippen MR) is 136 cm³/mol. The molecule has 2 aromatic rings. The van der Waals surface area contributed by atoms with Crippen LogP contribution in [0.25, 0.3) is 0 Å². The molecule has 0 bridgehead atoms. The minimum Gasteiger partial charge on any atom is -0.349 e. The summed E-state index contributed by atoms with van der Waals surface area (Å²) in [5.41, 5.74) is 3.17. The van der Waals surface area contributed by atoms with Gasteiger partial charge in [-0.2, -0.15) is 0 Å². The molecule has 1 saturated carbocycles. The second-order valence-corrected chi connectivity index (χ2v) is 10.3. The van der Waals surface area contributed by atoms with E-state index in [0.29, 0.717) is 5.91 Å². The number of piperidine rings is 1. The molecule has 1 unspecified atom stereocenters. The molecular weight excluding hydrogens is 422 g/mol. The number of hydrogen-bond acceptors (Lipinski definition) is 3. The fourth-order valence-electron chi connectivity index (χ4n) is 6.04. The average molecular weight is 460 g/mol. The average Bonchev–Trinajstić information content (AvgIpc) is 2.90. The van der Waals surface area contributed by atoms with Crippen LogP contribution < -0.4 is 10.2 Å². The first-order valence-corrected chi connectivity index (χ1v) is 13.2.